The minimum Gasteiger partial charge on any atom is -0.341 e. The third-order valence-corrected chi connectivity index (χ3v) is 6.14. The van der Waals surface area contributed by atoms with Crippen LogP contribution in [0, 0.1) is 5.82 Å². The third kappa shape index (κ3) is 4.63. The predicted octanol–water partition coefficient (Wildman–Crippen LogP) is 3.24. The molecule has 0 radical (unpaired) electrons. The Kier molecular flexibility index (Phi) is 6.95. The molecule has 1 aromatic carbocycles. The molecule has 0 aliphatic carbocycles. The lowest BCUT2D eigenvalue weighted by molar-refractivity contribution is -0.137. The Bertz CT molecular complexity index is 793. The second-order valence-corrected chi connectivity index (χ2v) is 8.27. The first-order valence-corrected chi connectivity index (χ1v) is 10.9. The molecular formula is C21H26FN3O3S. The molecule has 2 aliphatic heterocycles. The summed E-state index contributed by atoms with van der Waals surface area (Å²) >= 11 is 1.36. The Hall–Kier alpha value is -2.35. The van der Waals surface area contributed by atoms with Crippen LogP contribution in [0.3, 0.4) is 0 Å². The van der Waals surface area contributed by atoms with Gasteiger partial charge in [-0.15, -0.1) is 11.8 Å². The van der Waals surface area contributed by atoms with Gasteiger partial charge in [0.2, 0.25) is 11.8 Å². The molecule has 8 heteroatoms. The van der Waals surface area contributed by atoms with Crippen LogP contribution in [0.2, 0.25) is 0 Å². The van der Waals surface area contributed by atoms with Gasteiger partial charge in [-0.3, -0.25) is 14.5 Å². The van der Waals surface area contributed by atoms with Gasteiger partial charge in [0.1, 0.15) is 17.6 Å². The number of carbonyl (C=O) groups excluding carboxylic acids is 3. The van der Waals surface area contributed by atoms with E-state index in [-0.39, 0.29) is 30.7 Å². The number of urea groups is 1. The van der Waals surface area contributed by atoms with Crippen molar-refractivity contribution in [3.05, 3.63) is 47.1 Å². The lowest BCUT2D eigenvalue weighted by Crippen LogP contribution is -2.63. The highest BCUT2D eigenvalue weighted by atomic mass is 32.2. The highest BCUT2D eigenvalue weighted by molar-refractivity contribution is 8.03. The van der Waals surface area contributed by atoms with Crippen LogP contribution in [0.1, 0.15) is 32.3 Å². The summed E-state index contributed by atoms with van der Waals surface area (Å²) in [6.45, 7) is 5.31. The van der Waals surface area contributed by atoms with E-state index in [1.54, 1.807) is 17.0 Å². The van der Waals surface area contributed by atoms with Gasteiger partial charge in [-0.25, -0.2) is 9.18 Å². The minimum atomic E-state index is -0.478. The molecule has 1 fully saturated rings. The minimum absolute atomic E-state index is 0.0556. The van der Waals surface area contributed by atoms with E-state index in [0.29, 0.717) is 18.7 Å². The van der Waals surface area contributed by atoms with Gasteiger partial charge in [0.15, 0.2) is 0 Å². The number of carbonyl (C=O) groups is 3. The number of thioether (sulfide) groups is 1. The topological polar surface area (TPSA) is 60.9 Å². The first-order valence-electron chi connectivity index (χ1n) is 9.92. The van der Waals surface area contributed by atoms with Crippen molar-refractivity contribution in [2.45, 2.75) is 44.5 Å². The molecule has 3 rings (SSSR count). The summed E-state index contributed by atoms with van der Waals surface area (Å²) in [5.41, 5.74) is 0.660. The summed E-state index contributed by atoms with van der Waals surface area (Å²) in [5, 5.41) is 1.36. The summed E-state index contributed by atoms with van der Waals surface area (Å²) < 4.78 is 13.2. The Labute approximate surface area is 174 Å². The van der Waals surface area contributed by atoms with E-state index in [1.165, 1.54) is 33.7 Å². The number of imide groups is 1. The van der Waals surface area contributed by atoms with Gasteiger partial charge in [-0.1, -0.05) is 32.1 Å². The molecule has 0 N–H and O–H groups in total. The zero-order chi connectivity index (χ0) is 21.0. The summed E-state index contributed by atoms with van der Waals surface area (Å²) in [7, 11) is 0. The van der Waals surface area contributed by atoms with Crippen LogP contribution in [0.25, 0.3) is 0 Å². The third-order valence-electron chi connectivity index (χ3n) is 5.06. The normalized spacial score (nSPS) is 20.9. The van der Waals surface area contributed by atoms with E-state index < -0.39 is 17.3 Å². The fraction of sp³-hybridized carbons (Fsp3) is 0.476. The van der Waals surface area contributed by atoms with Crippen molar-refractivity contribution >= 4 is 29.6 Å². The number of nitrogens with zero attached hydrogens (tertiary/aromatic N) is 3. The first kappa shape index (κ1) is 21.4. The lowest BCUT2D eigenvalue weighted by atomic mass is 10.1. The quantitative estimate of drug-likeness (QED) is 0.649. The molecule has 0 aromatic heterocycles. The average Bonchev–Trinajstić information content (AvgIpc) is 3.19. The number of benzene rings is 1. The van der Waals surface area contributed by atoms with Crippen molar-refractivity contribution in [3.63, 3.8) is 0 Å². The van der Waals surface area contributed by atoms with E-state index in [1.807, 2.05) is 25.3 Å². The molecule has 29 heavy (non-hydrogen) atoms. The molecule has 2 heterocycles. The van der Waals surface area contributed by atoms with Crippen LogP contribution in [-0.2, 0) is 16.1 Å². The number of hydrogen-bond donors (Lipinski definition) is 0. The van der Waals surface area contributed by atoms with Gasteiger partial charge < -0.3 is 9.80 Å². The maximum Gasteiger partial charge on any atom is 0.328 e. The first-order chi connectivity index (χ1) is 14.0. The number of halogens is 1. The van der Waals surface area contributed by atoms with Crippen molar-refractivity contribution in [1.29, 1.82) is 0 Å². The summed E-state index contributed by atoms with van der Waals surface area (Å²) in [5.74, 6) is -0.760. The molecule has 0 spiro atoms. The Morgan fingerprint density at radius 3 is 2.41 bits per heavy atom. The fourth-order valence-corrected chi connectivity index (χ4v) is 4.69. The maximum atomic E-state index is 13.2. The van der Waals surface area contributed by atoms with E-state index in [9.17, 15) is 18.8 Å². The number of rotatable bonds is 8. The highest BCUT2D eigenvalue weighted by Crippen LogP contribution is 2.35. The van der Waals surface area contributed by atoms with Crippen LogP contribution < -0.4 is 0 Å². The van der Waals surface area contributed by atoms with Crippen molar-refractivity contribution in [1.82, 2.24) is 14.7 Å². The zero-order valence-electron chi connectivity index (χ0n) is 16.7. The molecule has 0 bridgehead atoms. The average molecular weight is 420 g/mol. The molecule has 6 nitrogen and oxygen atoms in total. The van der Waals surface area contributed by atoms with E-state index in [0.717, 1.165) is 12.8 Å². The number of fused-ring (bicyclic) bond motifs is 1. The predicted molar refractivity (Wildman–Crippen MR) is 111 cm³/mol. The number of hydrogen-bond acceptors (Lipinski definition) is 4. The molecule has 2 atom stereocenters. The maximum absolute atomic E-state index is 13.2. The summed E-state index contributed by atoms with van der Waals surface area (Å²) in [4.78, 5) is 43.4. The molecule has 2 unspecified atom stereocenters. The standard InChI is InChI=1S/C21H26FN3O3S/c1-3-10-23(11-4-2)18(26)14-24-17-9-12-29-19(17)20(27)25(21(24)28)13-15-5-7-16(22)8-6-15/h5-9,12,17,19H,3-4,10-11,13-14H2,1-2H3. The molecule has 156 valence electrons. The van der Waals surface area contributed by atoms with Crippen molar-refractivity contribution < 1.29 is 18.8 Å². The van der Waals surface area contributed by atoms with Crippen LogP contribution >= 0.6 is 11.8 Å². The lowest BCUT2D eigenvalue weighted by Gasteiger charge is -2.41. The van der Waals surface area contributed by atoms with Gasteiger partial charge in [0.05, 0.1) is 12.6 Å². The highest BCUT2D eigenvalue weighted by Gasteiger charge is 2.47. The van der Waals surface area contributed by atoms with Crippen LogP contribution in [0.4, 0.5) is 9.18 Å². The summed E-state index contributed by atoms with van der Waals surface area (Å²) in [6.07, 6.45) is 3.50. The molecular weight excluding hydrogens is 393 g/mol. The second-order valence-electron chi connectivity index (χ2n) is 7.22. The van der Waals surface area contributed by atoms with Crippen LogP contribution in [-0.4, -0.2) is 63.5 Å². The SMILES string of the molecule is CCCN(CCC)C(=O)CN1C(=O)N(Cc2ccc(F)cc2)C(=O)C2SC=CC21. The van der Waals surface area contributed by atoms with Crippen LogP contribution in [0.15, 0.2) is 35.7 Å². The van der Waals surface area contributed by atoms with E-state index in [4.69, 9.17) is 0 Å². The van der Waals surface area contributed by atoms with Gasteiger partial charge in [0.25, 0.3) is 0 Å². The van der Waals surface area contributed by atoms with Gasteiger partial charge >= 0.3 is 6.03 Å². The van der Waals surface area contributed by atoms with Crippen molar-refractivity contribution in [2.75, 3.05) is 19.6 Å². The Morgan fingerprint density at radius 1 is 1.14 bits per heavy atom. The Balaban J connectivity index is 1.80. The monoisotopic (exact) mass is 419 g/mol. The molecule has 1 aromatic rings. The van der Waals surface area contributed by atoms with E-state index in [2.05, 4.69) is 0 Å². The van der Waals surface area contributed by atoms with Gasteiger partial charge in [-0.05, 0) is 35.9 Å². The fourth-order valence-electron chi connectivity index (χ4n) is 3.63. The van der Waals surface area contributed by atoms with E-state index >= 15 is 0 Å². The Morgan fingerprint density at radius 2 is 1.79 bits per heavy atom. The zero-order valence-corrected chi connectivity index (χ0v) is 17.5. The molecule has 4 amide bonds. The molecule has 2 aliphatic rings. The molecule has 1 saturated heterocycles. The largest absolute Gasteiger partial charge is 0.341 e. The van der Waals surface area contributed by atoms with Crippen molar-refractivity contribution in [2.24, 2.45) is 0 Å². The van der Waals surface area contributed by atoms with Gasteiger partial charge in [-0.2, -0.15) is 0 Å². The summed E-state index contributed by atoms with van der Waals surface area (Å²) in [6, 6.07) is 4.83. The van der Waals surface area contributed by atoms with Crippen LogP contribution in [0.5, 0.6) is 0 Å². The van der Waals surface area contributed by atoms with Gasteiger partial charge in [0, 0.05) is 13.1 Å². The molecule has 0 saturated carbocycles. The van der Waals surface area contributed by atoms with Crippen molar-refractivity contribution in [3.8, 4) is 0 Å². The number of amides is 4. The second kappa shape index (κ2) is 9.43. The smallest absolute Gasteiger partial charge is 0.328 e.